The van der Waals surface area contributed by atoms with Crippen molar-refractivity contribution in [2.75, 3.05) is 13.1 Å². The van der Waals surface area contributed by atoms with Crippen molar-refractivity contribution in [2.24, 2.45) is 5.92 Å². The van der Waals surface area contributed by atoms with E-state index in [-0.39, 0.29) is 11.9 Å². The maximum atomic E-state index is 13.1. The highest BCUT2D eigenvalue weighted by molar-refractivity contribution is 6.30. The van der Waals surface area contributed by atoms with Crippen LogP contribution >= 0.6 is 11.6 Å². The summed E-state index contributed by atoms with van der Waals surface area (Å²) in [6.07, 6.45) is 8.53. The molecule has 2 aliphatic rings. The molecule has 1 amide bonds. The van der Waals surface area contributed by atoms with Crippen LogP contribution in [0.3, 0.4) is 0 Å². The van der Waals surface area contributed by atoms with Crippen molar-refractivity contribution in [1.29, 1.82) is 0 Å². The zero-order valence-corrected chi connectivity index (χ0v) is 15.4. The van der Waals surface area contributed by atoms with Crippen LogP contribution in [0.25, 0.3) is 0 Å². The number of quaternary nitrogens is 1. The standard InChI is InChI=1S/C20H29ClN2O/c1-15-6-5-13-23(14-15)19(16-9-11-17(21)12-10-16)20(24)22-18-7-3-2-4-8-18/h9-12,15,18-19H,2-8,13-14H2,1H3,(H,22,24)/p+1. The Morgan fingerprint density at radius 2 is 1.83 bits per heavy atom. The fraction of sp³-hybridized carbons (Fsp3) is 0.650. The van der Waals surface area contributed by atoms with E-state index in [1.54, 1.807) is 0 Å². The molecule has 3 nitrogen and oxygen atoms in total. The van der Waals surface area contributed by atoms with E-state index in [4.69, 9.17) is 11.6 Å². The molecule has 3 unspecified atom stereocenters. The number of hydrogen-bond donors (Lipinski definition) is 2. The first kappa shape index (κ1) is 17.8. The van der Waals surface area contributed by atoms with Crippen LogP contribution in [0.15, 0.2) is 24.3 Å². The molecule has 2 fully saturated rings. The highest BCUT2D eigenvalue weighted by Gasteiger charge is 2.35. The van der Waals surface area contributed by atoms with Gasteiger partial charge in [-0.1, -0.05) is 49.9 Å². The highest BCUT2D eigenvalue weighted by Crippen LogP contribution is 2.20. The number of benzene rings is 1. The minimum absolute atomic E-state index is 0.105. The molecule has 1 aromatic carbocycles. The number of halogens is 1. The van der Waals surface area contributed by atoms with E-state index in [0.29, 0.717) is 12.0 Å². The number of likely N-dealkylation sites (tertiary alicyclic amines) is 1. The van der Waals surface area contributed by atoms with E-state index in [1.807, 2.05) is 24.3 Å². The molecule has 3 rings (SSSR count). The summed E-state index contributed by atoms with van der Waals surface area (Å²) >= 11 is 6.05. The summed E-state index contributed by atoms with van der Waals surface area (Å²) in [7, 11) is 0. The van der Waals surface area contributed by atoms with Crippen LogP contribution in [0, 0.1) is 5.92 Å². The number of carbonyl (C=O) groups is 1. The minimum atomic E-state index is -0.105. The minimum Gasteiger partial charge on any atom is -0.348 e. The van der Waals surface area contributed by atoms with Gasteiger partial charge < -0.3 is 10.2 Å². The van der Waals surface area contributed by atoms with E-state index < -0.39 is 0 Å². The van der Waals surface area contributed by atoms with Gasteiger partial charge in [0.15, 0.2) is 6.04 Å². The lowest BCUT2D eigenvalue weighted by molar-refractivity contribution is -0.930. The van der Waals surface area contributed by atoms with Gasteiger partial charge in [-0.3, -0.25) is 4.79 Å². The van der Waals surface area contributed by atoms with Crippen LogP contribution in [0.4, 0.5) is 0 Å². The highest BCUT2D eigenvalue weighted by atomic mass is 35.5. The number of amides is 1. The van der Waals surface area contributed by atoms with Gasteiger partial charge in [-0.2, -0.15) is 0 Å². The van der Waals surface area contributed by atoms with Crippen molar-refractivity contribution in [1.82, 2.24) is 5.32 Å². The predicted molar refractivity (Wildman–Crippen MR) is 98.3 cm³/mol. The van der Waals surface area contributed by atoms with E-state index in [2.05, 4.69) is 12.2 Å². The Balaban J connectivity index is 1.77. The van der Waals surface area contributed by atoms with Gasteiger partial charge in [-0.05, 0) is 37.8 Å². The van der Waals surface area contributed by atoms with Crippen molar-refractivity contribution in [3.8, 4) is 0 Å². The average Bonchev–Trinajstić information content (AvgIpc) is 2.58. The molecule has 4 heteroatoms. The summed E-state index contributed by atoms with van der Waals surface area (Å²) in [5, 5.41) is 4.08. The molecular weight excluding hydrogens is 320 g/mol. The molecule has 0 radical (unpaired) electrons. The third-order valence-corrected chi connectivity index (χ3v) is 5.88. The lowest BCUT2D eigenvalue weighted by Gasteiger charge is -2.35. The number of hydrogen-bond acceptors (Lipinski definition) is 1. The molecular formula is C20H30ClN2O+. The van der Waals surface area contributed by atoms with E-state index in [1.165, 1.54) is 37.0 Å². The maximum absolute atomic E-state index is 13.1. The first-order valence-corrected chi connectivity index (χ1v) is 9.91. The molecule has 132 valence electrons. The van der Waals surface area contributed by atoms with Crippen LogP contribution in [0.5, 0.6) is 0 Å². The van der Waals surface area contributed by atoms with Gasteiger partial charge in [0.1, 0.15) is 0 Å². The van der Waals surface area contributed by atoms with Crippen LogP contribution in [0.1, 0.15) is 63.5 Å². The van der Waals surface area contributed by atoms with Crippen LogP contribution in [-0.4, -0.2) is 25.0 Å². The molecule has 0 bridgehead atoms. The summed E-state index contributed by atoms with van der Waals surface area (Å²) < 4.78 is 0. The number of rotatable bonds is 4. The van der Waals surface area contributed by atoms with E-state index in [9.17, 15) is 4.79 Å². The van der Waals surface area contributed by atoms with Gasteiger partial charge in [-0.15, -0.1) is 0 Å². The quantitative estimate of drug-likeness (QED) is 0.860. The second-order valence-corrected chi connectivity index (χ2v) is 8.12. The predicted octanol–water partition coefficient (Wildman–Crippen LogP) is 3.14. The Morgan fingerprint density at radius 3 is 2.50 bits per heavy atom. The van der Waals surface area contributed by atoms with Gasteiger partial charge in [0.25, 0.3) is 5.91 Å². The number of nitrogens with one attached hydrogen (secondary N) is 2. The van der Waals surface area contributed by atoms with Gasteiger partial charge in [0, 0.05) is 22.5 Å². The van der Waals surface area contributed by atoms with Gasteiger partial charge in [0.2, 0.25) is 0 Å². The Hall–Kier alpha value is -1.06. The third kappa shape index (κ3) is 4.52. The van der Waals surface area contributed by atoms with Gasteiger partial charge in [0.05, 0.1) is 13.1 Å². The Morgan fingerprint density at radius 1 is 1.12 bits per heavy atom. The number of piperidine rings is 1. The average molecular weight is 350 g/mol. The largest absolute Gasteiger partial charge is 0.348 e. The molecule has 1 aliphatic carbocycles. The molecule has 1 saturated heterocycles. The summed E-state index contributed by atoms with van der Waals surface area (Å²) in [5.74, 6) is 0.888. The second kappa shape index (κ2) is 8.35. The molecule has 1 saturated carbocycles. The first-order chi connectivity index (χ1) is 11.6. The summed E-state index contributed by atoms with van der Waals surface area (Å²) in [5.41, 5.74) is 1.09. The van der Waals surface area contributed by atoms with Crippen LogP contribution in [-0.2, 0) is 4.79 Å². The molecule has 1 heterocycles. The smallest absolute Gasteiger partial charge is 0.283 e. The van der Waals surface area contributed by atoms with Crippen molar-refractivity contribution >= 4 is 17.5 Å². The second-order valence-electron chi connectivity index (χ2n) is 7.69. The Labute approximate surface area is 150 Å². The van der Waals surface area contributed by atoms with Crippen molar-refractivity contribution < 1.29 is 9.69 Å². The fourth-order valence-electron chi connectivity index (χ4n) is 4.35. The summed E-state index contributed by atoms with van der Waals surface area (Å²) in [4.78, 5) is 14.5. The molecule has 3 atom stereocenters. The van der Waals surface area contributed by atoms with Crippen molar-refractivity contribution in [3.63, 3.8) is 0 Å². The molecule has 1 aliphatic heterocycles. The van der Waals surface area contributed by atoms with Gasteiger partial charge >= 0.3 is 0 Å². The Bertz CT molecular complexity index is 539. The molecule has 0 spiro atoms. The number of carbonyl (C=O) groups excluding carboxylic acids is 1. The maximum Gasteiger partial charge on any atom is 0.283 e. The molecule has 1 aromatic rings. The molecule has 24 heavy (non-hydrogen) atoms. The van der Waals surface area contributed by atoms with Crippen LogP contribution < -0.4 is 10.2 Å². The third-order valence-electron chi connectivity index (χ3n) is 5.63. The SMILES string of the molecule is CC1CCC[NH+](C(C(=O)NC2CCCCC2)c2ccc(Cl)cc2)C1. The zero-order valence-electron chi connectivity index (χ0n) is 14.7. The fourth-order valence-corrected chi connectivity index (χ4v) is 4.48. The molecule has 0 aromatic heterocycles. The molecule has 2 N–H and O–H groups in total. The monoisotopic (exact) mass is 349 g/mol. The lowest BCUT2D eigenvalue weighted by Crippen LogP contribution is -3.15. The van der Waals surface area contributed by atoms with Gasteiger partial charge in [-0.25, -0.2) is 0 Å². The van der Waals surface area contributed by atoms with E-state index >= 15 is 0 Å². The summed E-state index contributed by atoms with van der Waals surface area (Å²) in [6, 6.07) is 8.13. The topological polar surface area (TPSA) is 33.5 Å². The lowest BCUT2D eigenvalue weighted by atomic mass is 9.93. The normalized spacial score (nSPS) is 26.8. The van der Waals surface area contributed by atoms with Crippen molar-refractivity contribution in [3.05, 3.63) is 34.9 Å². The Kier molecular flexibility index (Phi) is 6.18. The van der Waals surface area contributed by atoms with Crippen molar-refractivity contribution in [2.45, 2.75) is 64.0 Å². The van der Waals surface area contributed by atoms with Crippen LogP contribution in [0.2, 0.25) is 5.02 Å². The first-order valence-electron chi connectivity index (χ1n) is 9.54. The zero-order chi connectivity index (χ0) is 16.9. The summed E-state index contributed by atoms with van der Waals surface area (Å²) in [6.45, 7) is 4.46. The van der Waals surface area contributed by atoms with E-state index in [0.717, 1.165) is 36.5 Å².